The van der Waals surface area contributed by atoms with Gasteiger partial charge in [0.2, 0.25) is 6.79 Å². The number of benzene rings is 2. The molecule has 4 rings (SSSR count). The zero-order valence-electron chi connectivity index (χ0n) is 12.1. The van der Waals surface area contributed by atoms with Crippen LogP contribution in [0, 0.1) is 0 Å². The normalized spacial score (nSPS) is 14.6. The van der Waals surface area contributed by atoms with E-state index in [2.05, 4.69) is 48.7 Å². The first-order valence-electron chi connectivity index (χ1n) is 7.25. The zero-order chi connectivity index (χ0) is 14.4. The van der Waals surface area contributed by atoms with Crippen LogP contribution in [0.4, 0.5) is 5.69 Å². The molecule has 2 aliphatic heterocycles. The summed E-state index contributed by atoms with van der Waals surface area (Å²) in [6, 6.07) is 10.6. The van der Waals surface area contributed by atoms with Gasteiger partial charge in [0.25, 0.3) is 0 Å². The number of nitrogens with zero attached hydrogens (tertiary/aromatic N) is 1. The van der Waals surface area contributed by atoms with Gasteiger partial charge in [0.05, 0.1) is 5.69 Å². The van der Waals surface area contributed by atoms with Gasteiger partial charge in [-0.3, -0.25) is 0 Å². The maximum absolute atomic E-state index is 5.53. The second kappa shape index (κ2) is 4.55. The Kier molecular flexibility index (Phi) is 2.67. The van der Waals surface area contributed by atoms with Crippen molar-refractivity contribution in [1.82, 2.24) is 0 Å². The van der Waals surface area contributed by atoms with Crippen LogP contribution in [0.2, 0.25) is 0 Å². The number of rotatable bonds is 2. The Labute approximate surface area is 124 Å². The smallest absolute Gasteiger partial charge is 0.231 e. The van der Waals surface area contributed by atoms with Gasteiger partial charge in [0.15, 0.2) is 11.5 Å². The minimum atomic E-state index is 0.315. The predicted molar refractivity (Wildman–Crippen MR) is 84.8 cm³/mol. The SMILES string of the molecule is C=Cc1cccc2c1N(CC)Cc1cc3c(cc1-2)OCO3. The number of ether oxygens (including phenoxy) is 2. The van der Waals surface area contributed by atoms with E-state index in [1.54, 1.807) is 0 Å². The number of para-hydroxylation sites is 1. The van der Waals surface area contributed by atoms with Crippen molar-refractivity contribution in [3.8, 4) is 22.6 Å². The molecule has 0 bridgehead atoms. The Bertz CT molecular complexity index is 736. The highest BCUT2D eigenvalue weighted by molar-refractivity contribution is 5.90. The third-order valence-corrected chi connectivity index (χ3v) is 4.23. The van der Waals surface area contributed by atoms with Crippen molar-refractivity contribution >= 4 is 11.8 Å². The van der Waals surface area contributed by atoms with Crippen molar-refractivity contribution in [1.29, 1.82) is 0 Å². The van der Waals surface area contributed by atoms with Gasteiger partial charge in [0, 0.05) is 18.7 Å². The second-order valence-electron chi connectivity index (χ2n) is 5.32. The lowest BCUT2D eigenvalue weighted by molar-refractivity contribution is 0.174. The fourth-order valence-corrected chi connectivity index (χ4v) is 3.22. The summed E-state index contributed by atoms with van der Waals surface area (Å²) >= 11 is 0. The molecule has 2 aromatic carbocycles. The molecule has 106 valence electrons. The second-order valence-corrected chi connectivity index (χ2v) is 5.32. The van der Waals surface area contributed by atoms with Crippen molar-refractivity contribution in [2.45, 2.75) is 13.5 Å². The highest BCUT2D eigenvalue weighted by atomic mass is 16.7. The molecular weight excluding hydrogens is 262 g/mol. The van der Waals surface area contributed by atoms with Gasteiger partial charge in [0.1, 0.15) is 0 Å². The van der Waals surface area contributed by atoms with Crippen LogP contribution in [0.1, 0.15) is 18.1 Å². The van der Waals surface area contributed by atoms with Crippen LogP contribution in [0.5, 0.6) is 11.5 Å². The third kappa shape index (κ3) is 1.74. The summed E-state index contributed by atoms with van der Waals surface area (Å²) in [6.07, 6.45) is 1.93. The zero-order valence-corrected chi connectivity index (χ0v) is 12.1. The lowest BCUT2D eigenvalue weighted by Gasteiger charge is -2.33. The van der Waals surface area contributed by atoms with Crippen molar-refractivity contribution in [2.24, 2.45) is 0 Å². The van der Waals surface area contributed by atoms with E-state index in [1.807, 2.05) is 6.08 Å². The highest BCUT2D eigenvalue weighted by Crippen LogP contribution is 2.46. The highest BCUT2D eigenvalue weighted by Gasteiger charge is 2.26. The number of fused-ring (bicyclic) bond motifs is 4. The molecule has 2 heterocycles. The molecule has 2 aliphatic rings. The van der Waals surface area contributed by atoms with Crippen molar-refractivity contribution in [2.75, 3.05) is 18.2 Å². The van der Waals surface area contributed by atoms with Crippen molar-refractivity contribution < 1.29 is 9.47 Å². The van der Waals surface area contributed by atoms with Gasteiger partial charge in [-0.2, -0.15) is 0 Å². The van der Waals surface area contributed by atoms with Crippen LogP contribution in [0.15, 0.2) is 36.9 Å². The fraction of sp³-hybridized carbons (Fsp3) is 0.222. The molecule has 0 N–H and O–H groups in total. The summed E-state index contributed by atoms with van der Waals surface area (Å²) < 4.78 is 11.0. The molecule has 0 saturated heterocycles. The summed E-state index contributed by atoms with van der Waals surface area (Å²) in [5.41, 5.74) is 6.21. The van der Waals surface area contributed by atoms with Gasteiger partial charge in [-0.25, -0.2) is 0 Å². The van der Waals surface area contributed by atoms with Gasteiger partial charge in [-0.15, -0.1) is 0 Å². The lowest BCUT2D eigenvalue weighted by atomic mass is 9.90. The molecule has 0 aliphatic carbocycles. The molecule has 0 fully saturated rings. The molecule has 0 atom stereocenters. The molecule has 3 nitrogen and oxygen atoms in total. The summed E-state index contributed by atoms with van der Waals surface area (Å²) in [5, 5.41) is 0. The monoisotopic (exact) mass is 279 g/mol. The topological polar surface area (TPSA) is 21.7 Å². The Morgan fingerprint density at radius 1 is 1.19 bits per heavy atom. The Morgan fingerprint density at radius 2 is 2.00 bits per heavy atom. The van der Waals surface area contributed by atoms with Gasteiger partial charge >= 0.3 is 0 Å². The standard InChI is InChI=1S/C18H17NO2/c1-3-12-6-5-7-14-15-9-17-16(20-11-21-17)8-13(15)10-19(4-2)18(12)14/h3,5-9H,1,4,10-11H2,2H3. The van der Waals surface area contributed by atoms with E-state index in [9.17, 15) is 0 Å². The van der Waals surface area contributed by atoms with Gasteiger partial charge in [-0.05, 0) is 35.7 Å². The van der Waals surface area contributed by atoms with E-state index in [1.165, 1.54) is 27.9 Å². The van der Waals surface area contributed by atoms with Gasteiger partial charge < -0.3 is 14.4 Å². The first kappa shape index (κ1) is 12.3. The van der Waals surface area contributed by atoms with Crippen molar-refractivity contribution in [3.63, 3.8) is 0 Å². The number of hydrogen-bond acceptors (Lipinski definition) is 3. The van der Waals surface area contributed by atoms with E-state index < -0.39 is 0 Å². The molecule has 21 heavy (non-hydrogen) atoms. The molecular formula is C18H17NO2. The quantitative estimate of drug-likeness (QED) is 0.827. The van der Waals surface area contributed by atoms with Crippen LogP contribution in [0.25, 0.3) is 17.2 Å². The maximum Gasteiger partial charge on any atom is 0.231 e. The first-order chi connectivity index (χ1) is 10.3. The lowest BCUT2D eigenvalue weighted by Crippen LogP contribution is -2.26. The summed E-state index contributed by atoms with van der Waals surface area (Å²) in [5.74, 6) is 1.70. The molecule has 0 radical (unpaired) electrons. The summed E-state index contributed by atoms with van der Waals surface area (Å²) in [6.45, 7) is 8.30. The average Bonchev–Trinajstić information content (AvgIpc) is 2.98. The molecule has 0 saturated carbocycles. The molecule has 3 heteroatoms. The Balaban J connectivity index is 1.98. The van der Waals surface area contributed by atoms with Crippen LogP contribution >= 0.6 is 0 Å². The minimum Gasteiger partial charge on any atom is -0.454 e. The van der Waals surface area contributed by atoms with E-state index >= 15 is 0 Å². The first-order valence-corrected chi connectivity index (χ1v) is 7.25. The third-order valence-electron chi connectivity index (χ3n) is 4.23. The molecule has 2 aromatic rings. The van der Waals surface area contributed by atoms with Crippen LogP contribution < -0.4 is 14.4 Å². The average molecular weight is 279 g/mol. The molecule has 0 unspecified atom stereocenters. The van der Waals surface area contributed by atoms with Crippen LogP contribution in [-0.2, 0) is 6.54 Å². The summed E-state index contributed by atoms with van der Waals surface area (Å²) in [4.78, 5) is 2.39. The minimum absolute atomic E-state index is 0.315. The number of hydrogen-bond donors (Lipinski definition) is 0. The maximum atomic E-state index is 5.53. The van der Waals surface area contributed by atoms with Crippen molar-refractivity contribution in [3.05, 3.63) is 48.0 Å². The Morgan fingerprint density at radius 3 is 2.76 bits per heavy atom. The largest absolute Gasteiger partial charge is 0.454 e. The van der Waals surface area contributed by atoms with E-state index in [4.69, 9.17) is 9.47 Å². The molecule has 0 amide bonds. The Hall–Kier alpha value is -2.42. The van der Waals surface area contributed by atoms with E-state index in [0.29, 0.717) is 6.79 Å². The number of anilines is 1. The van der Waals surface area contributed by atoms with Crippen LogP contribution in [0.3, 0.4) is 0 Å². The van der Waals surface area contributed by atoms with Crippen LogP contribution in [-0.4, -0.2) is 13.3 Å². The molecule has 0 spiro atoms. The van der Waals surface area contributed by atoms with Gasteiger partial charge in [-0.1, -0.05) is 30.9 Å². The van der Waals surface area contributed by atoms with E-state index in [0.717, 1.165) is 24.6 Å². The van der Waals surface area contributed by atoms with E-state index in [-0.39, 0.29) is 0 Å². The predicted octanol–water partition coefficient (Wildman–Crippen LogP) is 4.07. The fourth-order valence-electron chi connectivity index (χ4n) is 3.22. The molecule has 0 aromatic heterocycles. The summed E-state index contributed by atoms with van der Waals surface area (Å²) in [7, 11) is 0.